The van der Waals surface area contributed by atoms with Crippen LogP contribution in [0, 0.1) is 10.3 Å². The number of nitrogens with zero attached hydrogens (tertiary/aromatic N) is 2. The number of hydroxylamine groups is 2. The normalized spacial score (nSPS) is 27.2. The van der Waals surface area contributed by atoms with Crippen molar-refractivity contribution in [3.8, 4) is 0 Å². The van der Waals surface area contributed by atoms with Crippen LogP contribution in [-0.4, -0.2) is 30.0 Å². The molecule has 1 atom stereocenters. The van der Waals surface area contributed by atoms with Crippen LogP contribution in [-0.2, 0) is 4.84 Å². The monoisotopic (exact) mass is 190 g/mol. The third kappa shape index (κ3) is 5.54. The molecule has 0 saturated carbocycles. The van der Waals surface area contributed by atoms with E-state index >= 15 is 0 Å². The molecule has 1 aliphatic heterocycles. The second kappa shape index (κ2) is 5.14. The van der Waals surface area contributed by atoms with Gasteiger partial charge in [-0.05, 0) is 18.8 Å². The molecule has 1 rings (SSSR count). The Hall–Kier alpha value is -0.680. The van der Waals surface area contributed by atoms with Gasteiger partial charge in [-0.2, -0.15) is 5.06 Å². The molecule has 78 valence electrons. The van der Waals surface area contributed by atoms with Gasteiger partial charge in [-0.1, -0.05) is 13.8 Å². The molecule has 0 aromatic carbocycles. The fourth-order valence-electron chi connectivity index (χ4n) is 1.83. The molecule has 1 N–H and O–H groups in total. The molecule has 13 heavy (non-hydrogen) atoms. The van der Waals surface area contributed by atoms with Crippen molar-refractivity contribution in [1.29, 1.82) is 0 Å². The SMILES string of the molecule is CC1CC(C)(C)CN(C)O1.O=NO. The number of hydrogen-bond donors (Lipinski definition) is 1. The Labute approximate surface area is 78.6 Å². The highest BCUT2D eigenvalue weighted by molar-refractivity contribution is 4.76. The maximum absolute atomic E-state index is 8.11. The van der Waals surface area contributed by atoms with Crippen molar-refractivity contribution in [3.05, 3.63) is 4.91 Å². The zero-order valence-corrected chi connectivity index (χ0v) is 8.65. The van der Waals surface area contributed by atoms with Gasteiger partial charge in [-0.15, -0.1) is 4.91 Å². The fourth-order valence-corrected chi connectivity index (χ4v) is 1.83. The van der Waals surface area contributed by atoms with E-state index in [0.717, 1.165) is 13.0 Å². The first-order valence-electron chi connectivity index (χ1n) is 4.26. The third-order valence-corrected chi connectivity index (χ3v) is 1.85. The summed E-state index contributed by atoms with van der Waals surface area (Å²) in [6.45, 7) is 7.72. The Kier molecular flexibility index (Phi) is 4.87. The van der Waals surface area contributed by atoms with Crippen LogP contribution < -0.4 is 0 Å². The fraction of sp³-hybridized carbons (Fsp3) is 1.00. The summed E-state index contributed by atoms with van der Waals surface area (Å²) in [6.07, 6.45) is 1.55. The zero-order chi connectivity index (χ0) is 10.5. The van der Waals surface area contributed by atoms with Crippen LogP contribution in [0.4, 0.5) is 0 Å². The Bertz CT molecular complexity index is 149. The molecule has 0 spiro atoms. The molecule has 1 saturated heterocycles. The van der Waals surface area contributed by atoms with Gasteiger partial charge in [0.2, 0.25) is 0 Å². The standard InChI is InChI=1S/C8H17NO.HNO2/c1-7-5-8(2,3)6-9(4)10-7;2-1-3/h7H,5-6H2,1-4H3;(H,2,3). The molecule has 0 aliphatic carbocycles. The maximum atomic E-state index is 8.11. The van der Waals surface area contributed by atoms with Crippen molar-refractivity contribution in [2.24, 2.45) is 10.8 Å². The minimum Gasteiger partial charge on any atom is -0.379 e. The Morgan fingerprint density at radius 2 is 2.08 bits per heavy atom. The Balaban J connectivity index is 0.000000424. The summed E-state index contributed by atoms with van der Waals surface area (Å²) in [5, 5.41) is 9.83. The molecule has 5 heteroatoms. The average molecular weight is 190 g/mol. The van der Waals surface area contributed by atoms with Crippen molar-refractivity contribution in [2.75, 3.05) is 13.6 Å². The summed E-state index contributed by atoms with van der Waals surface area (Å²) in [5.41, 5.74) is 0.423. The lowest BCUT2D eigenvalue weighted by Crippen LogP contribution is -2.42. The summed E-state index contributed by atoms with van der Waals surface area (Å²) in [6, 6.07) is 0. The molecule has 0 bridgehead atoms. The zero-order valence-electron chi connectivity index (χ0n) is 8.65. The highest BCUT2D eigenvalue weighted by Gasteiger charge is 2.29. The van der Waals surface area contributed by atoms with Gasteiger partial charge in [-0.3, -0.25) is 4.84 Å². The molecule has 1 aliphatic rings. The average Bonchev–Trinajstić information content (AvgIpc) is 1.81. The van der Waals surface area contributed by atoms with E-state index in [1.165, 1.54) is 5.34 Å². The maximum Gasteiger partial charge on any atom is 0.152 e. The third-order valence-electron chi connectivity index (χ3n) is 1.85. The molecule has 1 heterocycles. The highest BCUT2D eigenvalue weighted by atomic mass is 16.7. The van der Waals surface area contributed by atoms with Gasteiger partial charge in [0.1, 0.15) is 0 Å². The van der Waals surface area contributed by atoms with Gasteiger partial charge >= 0.3 is 0 Å². The quantitative estimate of drug-likeness (QED) is 0.467. The Morgan fingerprint density at radius 3 is 2.38 bits per heavy atom. The van der Waals surface area contributed by atoms with Crippen LogP contribution in [0.5, 0.6) is 0 Å². The van der Waals surface area contributed by atoms with Crippen LogP contribution in [0.25, 0.3) is 0 Å². The van der Waals surface area contributed by atoms with E-state index in [1.807, 2.05) is 12.1 Å². The van der Waals surface area contributed by atoms with E-state index in [0.29, 0.717) is 11.5 Å². The van der Waals surface area contributed by atoms with Gasteiger partial charge in [0.05, 0.1) is 6.10 Å². The van der Waals surface area contributed by atoms with E-state index in [1.54, 1.807) is 0 Å². The van der Waals surface area contributed by atoms with E-state index in [9.17, 15) is 0 Å². The molecule has 5 nitrogen and oxygen atoms in total. The van der Waals surface area contributed by atoms with E-state index in [-0.39, 0.29) is 0 Å². The predicted octanol–water partition coefficient (Wildman–Crippen LogP) is 1.81. The first kappa shape index (κ1) is 12.3. The molecule has 0 aromatic heterocycles. The largest absolute Gasteiger partial charge is 0.379 e. The Morgan fingerprint density at radius 1 is 1.62 bits per heavy atom. The van der Waals surface area contributed by atoms with Crippen molar-refractivity contribution < 1.29 is 10.0 Å². The first-order valence-corrected chi connectivity index (χ1v) is 4.26. The lowest BCUT2D eigenvalue weighted by molar-refractivity contribution is -0.228. The van der Waals surface area contributed by atoms with E-state index < -0.39 is 0 Å². The molecule has 1 fully saturated rings. The van der Waals surface area contributed by atoms with E-state index in [2.05, 4.69) is 20.8 Å². The first-order chi connectivity index (χ1) is 5.91. The molecular weight excluding hydrogens is 172 g/mol. The summed E-state index contributed by atoms with van der Waals surface area (Å²) in [7, 11) is 2.00. The van der Waals surface area contributed by atoms with Gasteiger partial charge < -0.3 is 5.21 Å². The van der Waals surface area contributed by atoms with Crippen molar-refractivity contribution in [1.82, 2.24) is 5.06 Å². The summed E-state index contributed by atoms with van der Waals surface area (Å²) >= 11 is 0. The summed E-state index contributed by atoms with van der Waals surface area (Å²) in [5.74, 6) is 0. The number of hydrogen-bond acceptors (Lipinski definition) is 4. The van der Waals surface area contributed by atoms with E-state index in [4.69, 9.17) is 15.0 Å². The van der Waals surface area contributed by atoms with Crippen LogP contribution >= 0.6 is 0 Å². The summed E-state index contributed by atoms with van der Waals surface area (Å²) < 4.78 is 0. The lowest BCUT2D eigenvalue weighted by atomic mass is 9.86. The van der Waals surface area contributed by atoms with Crippen LogP contribution in [0.1, 0.15) is 27.2 Å². The van der Waals surface area contributed by atoms with Crippen LogP contribution in [0.2, 0.25) is 0 Å². The molecule has 0 aromatic rings. The molecule has 1 unspecified atom stereocenters. The number of rotatable bonds is 0. The highest BCUT2D eigenvalue weighted by Crippen LogP contribution is 2.29. The van der Waals surface area contributed by atoms with Gasteiger partial charge in [0.15, 0.2) is 5.34 Å². The van der Waals surface area contributed by atoms with Crippen molar-refractivity contribution in [3.63, 3.8) is 0 Å². The minimum atomic E-state index is 0.383. The predicted molar refractivity (Wildman–Crippen MR) is 49.2 cm³/mol. The van der Waals surface area contributed by atoms with Gasteiger partial charge in [0.25, 0.3) is 0 Å². The van der Waals surface area contributed by atoms with Crippen LogP contribution in [0.15, 0.2) is 5.34 Å². The molecule has 0 radical (unpaired) electrons. The minimum absolute atomic E-state index is 0.383. The van der Waals surface area contributed by atoms with Crippen LogP contribution in [0.3, 0.4) is 0 Å². The van der Waals surface area contributed by atoms with Gasteiger partial charge in [-0.25, -0.2) is 0 Å². The molecular formula is C8H18N2O3. The topological polar surface area (TPSA) is 62.1 Å². The lowest BCUT2D eigenvalue weighted by Gasteiger charge is -2.38. The summed E-state index contributed by atoms with van der Waals surface area (Å²) in [4.78, 5) is 13.6. The van der Waals surface area contributed by atoms with Crippen molar-refractivity contribution >= 4 is 0 Å². The second-order valence-corrected chi connectivity index (χ2v) is 4.15. The van der Waals surface area contributed by atoms with Gasteiger partial charge in [0, 0.05) is 13.6 Å². The van der Waals surface area contributed by atoms with Crippen molar-refractivity contribution in [2.45, 2.75) is 33.3 Å². The molecule has 0 amide bonds. The smallest absolute Gasteiger partial charge is 0.152 e. The second-order valence-electron chi connectivity index (χ2n) is 4.15.